The van der Waals surface area contributed by atoms with E-state index < -0.39 is 10.0 Å². The molecule has 33 heavy (non-hydrogen) atoms. The van der Waals surface area contributed by atoms with Crippen LogP contribution in [0.5, 0.6) is 0 Å². The minimum Gasteiger partial charge on any atom is -0.455 e. The number of likely N-dealkylation sites (tertiary alicyclic amines) is 1. The molecule has 9 heteroatoms. The van der Waals surface area contributed by atoms with Gasteiger partial charge in [-0.3, -0.25) is 9.59 Å². The van der Waals surface area contributed by atoms with Crippen LogP contribution in [-0.2, 0) is 30.8 Å². The highest BCUT2D eigenvalue weighted by atomic mass is 32.2. The number of amidine groups is 1. The number of rotatable bonds is 3. The number of nitrogens with zero attached hydrogens (tertiary/aromatic N) is 3. The summed E-state index contributed by atoms with van der Waals surface area (Å²) in [4.78, 5) is 29.2. The molecule has 2 aromatic carbocycles. The van der Waals surface area contributed by atoms with Gasteiger partial charge in [0.1, 0.15) is 4.90 Å². The lowest BCUT2D eigenvalue weighted by molar-refractivity contribution is -0.153. The Morgan fingerprint density at radius 3 is 2.55 bits per heavy atom. The number of hydrogen-bond acceptors (Lipinski definition) is 6. The lowest BCUT2D eigenvalue weighted by Gasteiger charge is -2.32. The molecule has 0 aliphatic carbocycles. The third-order valence-corrected chi connectivity index (χ3v) is 7.81. The van der Waals surface area contributed by atoms with Crippen LogP contribution in [0.4, 0.5) is 5.69 Å². The number of piperidine rings is 1. The molecule has 0 atom stereocenters. The summed E-state index contributed by atoms with van der Waals surface area (Å²) < 4.78 is 34.0. The Morgan fingerprint density at radius 1 is 1.00 bits per heavy atom. The molecule has 3 aliphatic rings. The molecule has 0 N–H and O–H groups in total. The summed E-state index contributed by atoms with van der Waals surface area (Å²) in [5, 5.41) is 0. The van der Waals surface area contributed by atoms with E-state index in [-0.39, 0.29) is 29.3 Å². The molecular weight excluding hydrogens is 442 g/mol. The molecule has 1 saturated heterocycles. The first-order valence-corrected chi connectivity index (χ1v) is 12.6. The van der Waals surface area contributed by atoms with E-state index >= 15 is 0 Å². The largest absolute Gasteiger partial charge is 0.455 e. The first kappa shape index (κ1) is 21.6. The first-order chi connectivity index (χ1) is 15.9. The zero-order valence-electron chi connectivity index (χ0n) is 18.1. The number of aryl methyl sites for hydroxylation is 1. The number of sulfonamides is 1. The van der Waals surface area contributed by atoms with E-state index in [2.05, 4.69) is 4.40 Å². The molecule has 1 fully saturated rings. The number of para-hydroxylation sites is 1. The van der Waals surface area contributed by atoms with Crippen molar-refractivity contribution in [3.05, 3.63) is 59.7 Å². The van der Waals surface area contributed by atoms with Crippen molar-refractivity contribution in [2.75, 3.05) is 31.1 Å². The average molecular weight is 468 g/mol. The van der Waals surface area contributed by atoms with Crippen molar-refractivity contribution in [3.63, 3.8) is 0 Å². The Balaban J connectivity index is 1.17. The van der Waals surface area contributed by atoms with Crippen LogP contribution in [0.1, 0.15) is 30.4 Å². The van der Waals surface area contributed by atoms with E-state index in [4.69, 9.17) is 4.74 Å². The number of hydrogen-bond donors (Lipinski definition) is 0. The molecule has 0 bridgehead atoms. The summed E-state index contributed by atoms with van der Waals surface area (Å²) in [5.41, 5.74) is 2.63. The smallest absolute Gasteiger partial charge is 0.309 e. The van der Waals surface area contributed by atoms with Crippen molar-refractivity contribution < 1.29 is 22.7 Å². The van der Waals surface area contributed by atoms with Gasteiger partial charge in [-0.2, -0.15) is 8.42 Å². The number of carbonyl (C=O) groups is 2. The van der Waals surface area contributed by atoms with Crippen LogP contribution >= 0.6 is 0 Å². The highest BCUT2D eigenvalue weighted by Gasteiger charge is 2.35. The SMILES string of the molecule is O=C(OCC(=O)N1CCCc2ccccc21)C1CCN(C2=NS(=O)(=O)c3ccccc32)CC1. The fraction of sp³-hybridized carbons (Fsp3) is 0.375. The minimum absolute atomic E-state index is 0.213. The van der Waals surface area contributed by atoms with Crippen molar-refractivity contribution in [1.29, 1.82) is 0 Å². The highest BCUT2D eigenvalue weighted by molar-refractivity contribution is 7.90. The summed E-state index contributed by atoms with van der Waals surface area (Å²) in [7, 11) is -3.67. The molecule has 0 saturated carbocycles. The zero-order chi connectivity index (χ0) is 23.0. The highest BCUT2D eigenvalue weighted by Crippen LogP contribution is 2.30. The first-order valence-electron chi connectivity index (χ1n) is 11.2. The van der Waals surface area contributed by atoms with Crippen LogP contribution in [0, 0.1) is 5.92 Å². The van der Waals surface area contributed by atoms with Gasteiger partial charge in [0.15, 0.2) is 12.4 Å². The monoisotopic (exact) mass is 467 g/mol. The number of esters is 1. The Hall–Kier alpha value is -3.20. The van der Waals surface area contributed by atoms with Crippen molar-refractivity contribution in [2.45, 2.75) is 30.6 Å². The number of benzene rings is 2. The molecule has 0 aromatic heterocycles. The van der Waals surface area contributed by atoms with Crippen LogP contribution in [-0.4, -0.2) is 57.3 Å². The van der Waals surface area contributed by atoms with Gasteiger partial charge in [0, 0.05) is 30.9 Å². The number of fused-ring (bicyclic) bond motifs is 2. The summed E-state index contributed by atoms with van der Waals surface area (Å²) in [5.74, 6) is -0.474. The Morgan fingerprint density at radius 2 is 1.73 bits per heavy atom. The van der Waals surface area contributed by atoms with Gasteiger partial charge in [-0.25, -0.2) is 0 Å². The number of anilines is 1. The van der Waals surface area contributed by atoms with E-state index in [9.17, 15) is 18.0 Å². The molecule has 3 heterocycles. The molecular formula is C24H25N3O5S. The summed E-state index contributed by atoms with van der Waals surface area (Å²) in [6.07, 6.45) is 2.86. The van der Waals surface area contributed by atoms with Gasteiger partial charge in [-0.15, -0.1) is 4.40 Å². The van der Waals surface area contributed by atoms with E-state index in [1.807, 2.05) is 29.2 Å². The normalized spacial score (nSPS) is 19.5. The molecule has 3 aliphatic heterocycles. The van der Waals surface area contributed by atoms with Gasteiger partial charge in [-0.05, 0) is 49.4 Å². The van der Waals surface area contributed by atoms with Crippen molar-refractivity contribution in [3.8, 4) is 0 Å². The van der Waals surface area contributed by atoms with Crippen molar-refractivity contribution in [2.24, 2.45) is 10.3 Å². The Bertz CT molecular complexity index is 1230. The van der Waals surface area contributed by atoms with Crippen LogP contribution in [0.15, 0.2) is 57.8 Å². The number of amides is 1. The summed E-state index contributed by atoms with van der Waals surface area (Å²) in [6, 6.07) is 14.6. The minimum atomic E-state index is -3.67. The quantitative estimate of drug-likeness (QED) is 0.643. The summed E-state index contributed by atoms with van der Waals surface area (Å²) >= 11 is 0. The fourth-order valence-electron chi connectivity index (χ4n) is 4.76. The van der Waals surface area contributed by atoms with Gasteiger partial charge in [0.2, 0.25) is 0 Å². The van der Waals surface area contributed by atoms with E-state index in [1.54, 1.807) is 29.2 Å². The third kappa shape index (κ3) is 4.13. The Kier molecular flexibility index (Phi) is 5.65. The van der Waals surface area contributed by atoms with Gasteiger partial charge >= 0.3 is 5.97 Å². The van der Waals surface area contributed by atoms with Crippen LogP contribution < -0.4 is 4.90 Å². The van der Waals surface area contributed by atoms with E-state index in [0.29, 0.717) is 43.9 Å². The van der Waals surface area contributed by atoms with E-state index in [0.717, 1.165) is 24.1 Å². The maximum absolute atomic E-state index is 12.7. The lowest BCUT2D eigenvalue weighted by atomic mass is 9.96. The fourth-order valence-corrected chi connectivity index (χ4v) is 5.99. The molecule has 1 amide bonds. The van der Waals surface area contributed by atoms with Gasteiger partial charge < -0.3 is 14.5 Å². The second-order valence-corrected chi connectivity index (χ2v) is 10.1. The standard InChI is InChI=1S/C24H25N3O5S/c28-22(27-13-5-7-17-6-1-3-9-20(17)27)16-32-24(29)18-11-14-26(15-12-18)23-19-8-2-4-10-21(19)33(30,31)25-23/h1-4,6,8-10,18H,5,7,11-16H2. The Labute approximate surface area is 192 Å². The predicted octanol–water partition coefficient (Wildman–Crippen LogP) is 2.37. The maximum Gasteiger partial charge on any atom is 0.309 e. The van der Waals surface area contributed by atoms with Gasteiger partial charge in [0.25, 0.3) is 15.9 Å². The molecule has 172 valence electrons. The lowest BCUT2D eigenvalue weighted by Crippen LogP contribution is -2.42. The summed E-state index contributed by atoms with van der Waals surface area (Å²) in [6.45, 7) is 1.34. The number of carbonyl (C=O) groups excluding carboxylic acids is 2. The molecule has 0 unspecified atom stereocenters. The van der Waals surface area contributed by atoms with Crippen molar-refractivity contribution in [1.82, 2.24) is 4.90 Å². The predicted molar refractivity (Wildman–Crippen MR) is 123 cm³/mol. The van der Waals surface area contributed by atoms with Gasteiger partial charge in [-0.1, -0.05) is 30.3 Å². The zero-order valence-corrected chi connectivity index (χ0v) is 19.0. The second-order valence-electron chi connectivity index (χ2n) is 8.53. The van der Waals surface area contributed by atoms with Crippen molar-refractivity contribution >= 4 is 33.4 Å². The molecule has 0 spiro atoms. The average Bonchev–Trinajstić information content (AvgIpc) is 3.13. The molecule has 0 radical (unpaired) electrons. The third-order valence-electron chi connectivity index (χ3n) is 6.49. The topological polar surface area (TPSA) is 96.3 Å². The van der Waals surface area contributed by atoms with Crippen LogP contribution in [0.2, 0.25) is 0 Å². The number of ether oxygens (including phenoxy) is 1. The van der Waals surface area contributed by atoms with Crippen LogP contribution in [0.25, 0.3) is 0 Å². The maximum atomic E-state index is 12.7. The molecule has 2 aromatic rings. The van der Waals surface area contributed by atoms with E-state index in [1.165, 1.54) is 0 Å². The van der Waals surface area contributed by atoms with Gasteiger partial charge in [0.05, 0.1) is 5.92 Å². The molecule has 5 rings (SSSR count). The second kappa shape index (κ2) is 8.62. The van der Waals surface area contributed by atoms with Crippen LogP contribution in [0.3, 0.4) is 0 Å². The molecule has 8 nitrogen and oxygen atoms in total.